The number of carboxylic acids is 1. The summed E-state index contributed by atoms with van der Waals surface area (Å²) in [4.78, 5) is 11.3. The number of carboxylic acid groups (broad SMARTS) is 1. The molecule has 114 valence electrons. The molecule has 1 aliphatic rings. The van der Waals surface area contributed by atoms with Gasteiger partial charge < -0.3 is 10.8 Å². The molecule has 3 nitrogen and oxygen atoms in total. The molecule has 1 fully saturated rings. The highest BCUT2D eigenvalue weighted by atomic mass is 35.5. The molecule has 0 aromatic rings. The van der Waals surface area contributed by atoms with Crippen molar-refractivity contribution in [2.45, 2.75) is 83.1 Å². The second kappa shape index (κ2) is 9.60. The van der Waals surface area contributed by atoms with Crippen LogP contribution >= 0.6 is 12.4 Å². The lowest BCUT2D eigenvalue weighted by Gasteiger charge is -2.30. The van der Waals surface area contributed by atoms with Gasteiger partial charge in [0.2, 0.25) is 0 Å². The number of hydrogen-bond acceptors (Lipinski definition) is 2. The van der Waals surface area contributed by atoms with Gasteiger partial charge in [0.05, 0.1) is 0 Å². The Hall–Kier alpha value is -0.280. The molecular weight excluding hydrogens is 262 g/mol. The van der Waals surface area contributed by atoms with E-state index in [-0.39, 0.29) is 18.3 Å². The van der Waals surface area contributed by atoms with Crippen molar-refractivity contribution in [1.82, 2.24) is 0 Å². The first-order valence-electron chi connectivity index (χ1n) is 7.57. The van der Waals surface area contributed by atoms with Crippen molar-refractivity contribution in [3.05, 3.63) is 0 Å². The van der Waals surface area contributed by atoms with Crippen LogP contribution in [0.4, 0.5) is 0 Å². The maximum atomic E-state index is 11.3. The Balaban J connectivity index is 0.00000324. The number of rotatable bonds is 2. The Bertz CT molecular complexity index is 245. The van der Waals surface area contributed by atoms with Crippen LogP contribution < -0.4 is 5.73 Å². The summed E-state index contributed by atoms with van der Waals surface area (Å²) in [6.07, 6.45) is 13.3. The van der Waals surface area contributed by atoms with Crippen LogP contribution in [0.15, 0.2) is 0 Å². The fourth-order valence-electron chi connectivity index (χ4n) is 2.94. The third kappa shape index (κ3) is 6.62. The molecule has 0 spiro atoms. The SMILES string of the molecule is C[C@](N)(C(=O)O)C1CCCCCCCCCCC1.Cl. The summed E-state index contributed by atoms with van der Waals surface area (Å²) in [7, 11) is 0. The Kier molecular flexibility index (Phi) is 9.46. The Labute approximate surface area is 123 Å². The minimum absolute atomic E-state index is 0. The third-order valence-electron chi connectivity index (χ3n) is 4.41. The number of nitrogens with two attached hydrogens (primary N) is 1. The monoisotopic (exact) mass is 291 g/mol. The maximum absolute atomic E-state index is 11.3. The highest BCUT2D eigenvalue weighted by molar-refractivity contribution is 5.85. The highest BCUT2D eigenvalue weighted by Crippen LogP contribution is 2.28. The van der Waals surface area contributed by atoms with E-state index < -0.39 is 11.5 Å². The van der Waals surface area contributed by atoms with Gasteiger partial charge >= 0.3 is 5.97 Å². The molecule has 0 amide bonds. The van der Waals surface area contributed by atoms with Crippen molar-refractivity contribution in [3.8, 4) is 0 Å². The van der Waals surface area contributed by atoms with E-state index in [0.29, 0.717) is 0 Å². The quantitative estimate of drug-likeness (QED) is 0.804. The molecule has 0 aromatic carbocycles. The Morgan fingerprint density at radius 2 is 1.26 bits per heavy atom. The lowest BCUT2D eigenvalue weighted by atomic mass is 9.79. The topological polar surface area (TPSA) is 63.3 Å². The molecule has 3 N–H and O–H groups in total. The summed E-state index contributed by atoms with van der Waals surface area (Å²) in [6.45, 7) is 1.69. The van der Waals surface area contributed by atoms with E-state index in [0.717, 1.165) is 25.7 Å². The van der Waals surface area contributed by atoms with Gasteiger partial charge in [0.1, 0.15) is 5.54 Å². The molecule has 4 heteroatoms. The van der Waals surface area contributed by atoms with Gasteiger partial charge in [-0.1, -0.05) is 57.8 Å². The zero-order chi connectivity index (χ0) is 13.4. The van der Waals surface area contributed by atoms with Crippen molar-refractivity contribution >= 4 is 18.4 Å². The standard InChI is InChI=1S/C15H29NO2.ClH/c1-15(16,14(17)18)13-11-9-7-5-3-2-4-6-8-10-12-13;/h13H,2-12,16H2,1H3,(H,17,18);1H/t15-;/m1./s1. The molecule has 0 unspecified atom stereocenters. The summed E-state index contributed by atoms with van der Waals surface area (Å²) in [5, 5.41) is 9.26. The van der Waals surface area contributed by atoms with Crippen molar-refractivity contribution in [2.75, 3.05) is 0 Å². The molecular formula is C15H30ClNO2. The van der Waals surface area contributed by atoms with Crippen molar-refractivity contribution < 1.29 is 9.90 Å². The largest absolute Gasteiger partial charge is 0.480 e. The zero-order valence-electron chi connectivity index (χ0n) is 12.2. The van der Waals surface area contributed by atoms with Gasteiger partial charge in [0.25, 0.3) is 0 Å². The van der Waals surface area contributed by atoms with Crippen LogP contribution in [-0.4, -0.2) is 16.6 Å². The molecule has 19 heavy (non-hydrogen) atoms. The van der Waals surface area contributed by atoms with E-state index >= 15 is 0 Å². The van der Waals surface area contributed by atoms with E-state index in [1.807, 2.05) is 0 Å². The van der Waals surface area contributed by atoms with Crippen LogP contribution in [0.1, 0.15) is 77.6 Å². The van der Waals surface area contributed by atoms with Gasteiger partial charge in [-0.15, -0.1) is 12.4 Å². The fourth-order valence-corrected chi connectivity index (χ4v) is 2.94. The van der Waals surface area contributed by atoms with Gasteiger partial charge in [-0.3, -0.25) is 4.79 Å². The minimum Gasteiger partial charge on any atom is -0.480 e. The average Bonchev–Trinajstić information content (AvgIpc) is 2.29. The van der Waals surface area contributed by atoms with E-state index in [1.54, 1.807) is 6.92 Å². The maximum Gasteiger partial charge on any atom is 0.323 e. The Morgan fingerprint density at radius 3 is 1.58 bits per heavy atom. The second-order valence-electron chi connectivity index (χ2n) is 6.04. The van der Waals surface area contributed by atoms with Gasteiger partial charge in [-0.2, -0.15) is 0 Å². The van der Waals surface area contributed by atoms with E-state index in [4.69, 9.17) is 5.73 Å². The average molecular weight is 292 g/mol. The number of hydrogen-bond donors (Lipinski definition) is 2. The molecule has 0 saturated heterocycles. The lowest BCUT2D eigenvalue weighted by Crippen LogP contribution is -2.51. The van der Waals surface area contributed by atoms with Crippen LogP contribution in [-0.2, 0) is 4.79 Å². The summed E-state index contributed by atoms with van der Waals surface area (Å²) in [5.41, 5.74) is 4.96. The predicted molar refractivity (Wildman–Crippen MR) is 81.8 cm³/mol. The highest BCUT2D eigenvalue weighted by Gasteiger charge is 2.36. The summed E-state index contributed by atoms with van der Waals surface area (Å²) in [5.74, 6) is -0.714. The number of halogens is 1. The number of aliphatic carboxylic acids is 1. The minimum atomic E-state index is -1.05. The molecule has 0 aromatic heterocycles. The molecule has 1 saturated carbocycles. The van der Waals surface area contributed by atoms with Crippen LogP contribution in [0.25, 0.3) is 0 Å². The summed E-state index contributed by atoms with van der Waals surface area (Å²) < 4.78 is 0. The van der Waals surface area contributed by atoms with E-state index in [1.165, 1.54) is 44.9 Å². The predicted octanol–water partition coefficient (Wildman–Crippen LogP) is 4.13. The van der Waals surface area contributed by atoms with Crippen molar-refractivity contribution in [1.29, 1.82) is 0 Å². The smallest absolute Gasteiger partial charge is 0.323 e. The first kappa shape index (κ1) is 18.7. The van der Waals surface area contributed by atoms with E-state index in [2.05, 4.69) is 0 Å². The third-order valence-corrected chi connectivity index (χ3v) is 4.41. The van der Waals surface area contributed by atoms with Gasteiger partial charge in [-0.05, 0) is 25.7 Å². The Morgan fingerprint density at radius 1 is 0.947 bits per heavy atom. The van der Waals surface area contributed by atoms with Crippen LogP contribution in [0.5, 0.6) is 0 Å². The summed E-state index contributed by atoms with van der Waals surface area (Å²) in [6, 6.07) is 0. The molecule has 1 rings (SSSR count). The normalized spacial score (nSPS) is 23.3. The summed E-state index contributed by atoms with van der Waals surface area (Å²) >= 11 is 0. The van der Waals surface area contributed by atoms with E-state index in [9.17, 15) is 9.90 Å². The van der Waals surface area contributed by atoms with Gasteiger partial charge in [0, 0.05) is 0 Å². The molecule has 0 bridgehead atoms. The molecule has 0 aliphatic heterocycles. The first-order valence-corrected chi connectivity index (χ1v) is 7.57. The first-order chi connectivity index (χ1) is 8.55. The number of carbonyl (C=O) groups is 1. The van der Waals surface area contributed by atoms with Crippen molar-refractivity contribution in [2.24, 2.45) is 11.7 Å². The van der Waals surface area contributed by atoms with Gasteiger partial charge in [-0.25, -0.2) is 0 Å². The molecule has 1 aliphatic carbocycles. The molecule has 1 atom stereocenters. The zero-order valence-corrected chi connectivity index (χ0v) is 13.0. The second-order valence-corrected chi connectivity index (χ2v) is 6.04. The van der Waals surface area contributed by atoms with Crippen LogP contribution in [0.2, 0.25) is 0 Å². The lowest BCUT2D eigenvalue weighted by molar-refractivity contribution is -0.145. The van der Waals surface area contributed by atoms with Gasteiger partial charge in [0.15, 0.2) is 0 Å². The van der Waals surface area contributed by atoms with Crippen LogP contribution in [0, 0.1) is 5.92 Å². The molecule has 0 heterocycles. The fraction of sp³-hybridized carbons (Fsp3) is 0.933. The van der Waals surface area contributed by atoms with Crippen molar-refractivity contribution in [3.63, 3.8) is 0 Å². The molecule has 0 radical (unpaired) electrons. The van der Waals surface area contributed by atoms with Crippen LogP contribution in [0.3, 0.4) is 0 Å².